The minimum Gasteiger partial charge on any atom is -0.346 e. The Morgan fingerprint density at radius 3 is 3.05 bits per heavy atom. The van der Waals surface area contributed by atoms with Crippen LogP contribution in [-0.2, 0) is 0 Å². The second kappa shape index (κ2) is 3.91. The zero-order valence-corrected chi connectivity index (χ0v) is 10.7. The van der Waals surface area contributed by atoms with E-state index in [1.54, 1.807) is 6.33 Å². The first-order chi connectivity index (χ1) is 9.31. The molecule has 0 unspecified atom stereocenters. The van der Waals surface area contributed by atoms with Crippen LogP contribution in [0.25, 0.3) is 22.3 Å². The van der Waals surface area contributed by atoms with Crippen molar-refractivity contribution in [1.82, 2.24) is 24.7 Å². The molecule has 1 fully saturated rings. The Labute approximate surface area is 110 Å². The first-order valence-corrected chi connectivity index (χ1v) is 6.64. The van der Waals surface area contributed by atoms with Crippen LogP contribution in [0.1, 0.15) is 25.8 Å². The van der Waals surface area contributed by atoms with Crippen molar-refractivity contribution in [1.29, 1.82) is 0 Å². The zero-order valence-electron chi connectivity index (χ0n) is 10.7. The number of hydrogen-bond acceptors (Lipinski definition) is 3. The van der Waals surface area contributed by atoms with Gasteiger partial charge in [-0.15, -0.1) is 0 Å². The van der Waals surface area contributed by atoms with Crippen LogP contribution in [0, 0.1) is 5.92 Å². The molecule has 3 aromatic rings. The van der Waals surface area contributed by atoms with Crippen LogP contribution in [0.15, 0.2) is 31.0 Å². The van der Waals surface area contributed by atoms with Crippen LogP contribution in [0.5, 0.6) is 0 Å². The van der Waals surface area contributed by atoms with E-state index >= 15 is 0 Å². The summed E-state index contributed by atoms with van der Waals surface area (Å²) >= 11 is 0. The van der Waals surface area contributed by atoms with Gasteiger partial charge in [-0.25, -0.2) is 9.97 Å². The number of nitrogens with zero attached hydrogens (tertiary/aromatic N) is 4. The van der Waals surface area contributed by atoms with E-state index in [0.29, 0.717) is 6.04 Å². The number of aromatic amines is 1. The lowest BCUT2D eigenvalue weighted by Gasteiger charge is -2.32. The van der Waals surface area contributed by atoms with Gasteiger partial charge in [0.25, 0.3) is 0 Å². The quantitative estimate of drug-likeness (QED) is 0.764. The fourth-order valence-corrected chi connectivity index (χ4v) is 2.84. The van der Waals surface area contributed by atoms with E-state index in [2.05, 4.69) is 37.9 Å². The first kappa shape index (κ1) is 10.7. The molecule has 1 aliphatic carbocycles. The summed E-state index contributed by atoms with van der Waals surface area (Å²) < 4.78 is 2.08. The monoisotopic (exact) mass is 253 g/mol. The van der Waals surface area contributed by atoms with Gasteiger partial charge in [-0.1, -0.05) is 6.92 Å². The van der Waals surface area contributed by atoms with Crippen molar-refractivity contribution in [3.8, 4) is 11.3 Å². The largest absolute Gasteiger partial charge is 0.346 e. The van der Waals surface area contributed by atoms with E-state index in [9.17, 15) is 0 Å². The van der Waals surface area contributed by atoms with Crippen LogP contribution in [0.3, 0.4) is 0 Å². The maximum Gasteiger partial charge on any atom is 0.141 e. The number of H-pyrrole nitrogens is 1. The Morgan fingerprint density at radius 2 is 2.21 bits per heavy atom. The summed E-state index contributed by atoms with van der Waals surface area (Å²) in [4.78, 5) is 11.7. The molecular formula is C14H15N5. The average molecular weight is 253 g/mol. The molecule has 1 N–H and O–H groups in total. The molecule has 96 valence electrons. The molecular weight excluding hydrogens is 238 g/mol. The van der Waals surface area contributed by atoms with Crippen LogP contribution >= 0.6 is 0 Å². The molecule has 0 aromatic carbocycles. The Balaban J connectivity index is 1.74. The highest BCUT2D eigenvalue weighted by atomic mass is 15.3. The molecule has 0 radical (unpaired) electrons. The highest BCUT2D eigenvalue weighted by Crippen LogP contribution is 2.37. The molecule has 0 amide bonds. The Bertz CT molecular complexity index is 720. The molecule has 0 saturated heterocycles. The summed E-state index contributed by atoms with van der Waals surface area (Å²) in [6.45, 7) is 2.29. The highest BCUT2D eigenvalue weighted by molar-refractivity contribution is 5.89. The third-order valence-electron chi connectivity index (χ3n) is 3.95. The van der Waals surface area contributed by atoms with E-state index in [0.717, 1.165) is 28.2 Å². The predicted octanol–water partition coefficient (Wildman–Crippen LogP) is 2.79. The van der Waals surface area contributed by atoms with E-state index in [1.807, 2.05) is 18.5 Å². The van der Waals surface area contributed by atoms with Gasteiger partial charge in [0.2, 0.25) is 0 Å². The van der Waals surface area contributed by atoms with Gasteiger partial charge < -0.3 is 4.98 Å². The molecule has 0 bridgehead atoms. The van der Waals surface area contributed by atoms with Crippen molar-refractivity contribution < 1.29 is 0 Å². The van der Waals surface area contributed by atoms with Gasteiger partial charge in [0.05, 0.1) is 17.9 Å². The summed E-state index contributed by atoms with van der Waals surface area (Å²) in [6.07, 6.45) is 9.94. The molecule has 0 spiro atoms. The Hall–Kier alpha value is -2.17. The van der Waals surface area contributed by atoms with Crippen molar-refractivity contribution in [2.45, 2.75) is 25.8 Å². The second-order valence-corrected chi connectivity index (χ2v) is 5.40. The number of rotatable bonds is 2. The van der Waals surface area contributed by atoms with Crippen molar-refractivity contribution >= 4 is 11.0 Å². The lowest BCUT2D eigenvalue weighted by Crippen LogP contribution is -2.24. The average Bonchev–Trinajstić information content (AvgIpc) is 3.03. The van der Waals surface area contributed by atoms with Crippen LogP contribution in [0.2, 0.25) is 0 Å². The van der Waals surface area contributed by atoms with Crippen LogP contribution in [0.4, 0.5) is 0 Å². The van der Waals surface area contributed by atoms with E-state index in [1.165, 1.54) is 12.8 Å². The Kier molecular flexibility index (Phi) is 2.21. The standard InChI is InChI=1S/C14H15N5/c1-9-4-11(5-9)19-7-10(6-18-19)13-12-2-3-15-14(12)17-8-16-13/h2-3,6-9,11H,4-5H2,1H3,(H,15,16,17). The second-order valence-electron chi connectivity index (χ2n) is 5.40. The lowest BCUT2D eigenvalue weighted by molar-refractivity contribution is 0.200. The third-order valence-corrected chi connectivity index (χ3v) is 3.95. The molecule has 5 heteroatoms. The predicted molar refractivity (Wildman–Crippen MR) is 72.5 cm³/mol. The molecule has 4 rings (SSSR count). The summed E-state index contributed by atoms with van der Waals surface area (Å²) in [5.74, 6) is 0.827. The molecule has 0 aliphatic heterocycles. The number of hydrogen-bond donors (Lipinski definition) is 1. The van der Waals surface area contributed by atoms with Gasteiger partial charge in [-0.3, -0.25) is 4.68 Å². The topological polar surface area (TPSA) is 59.4 Å². The molecule has 1 aliphatic rings. The molecule has 3 heterocycles. The van der Waals surface area contributed by atoms with Crippen molar-refractivity contribution in [3.63, 3.8) is 0 Å². The van der Waals surface area contributed by atoms with E-state index in [-0.39, 0.29) is 0 Å². The van der Waals surface area contributed by atoms with Gasteiger partial charge in [-0.2, -0.15) is 5.10 Å². The van der Waals surface area contributed by atoms with Crippen molar-refractivity contribution in [2.24, 2.45) is 5.92 Å². The van der Waals surface area contributed by atoms with Crippen molar-refractivity contribution in [3.05, 3.63) is 31.0 Å². The Morgan fingerprint density at radius 1 is 1.32 bits per heavy atom. The van der Waals surface area contributed by atoms with Crippen LogP contribution < -0.4 is 0 Å². The molecule has 3 aromatic heterocycles. The summed E-state index contributed by atoms with van der Waals surface area (Å²) in [7, 11) is 0. The van der Waals surface area contributed by atoms with E-state index < -0.39 is 0 Å². The molecule has 0 atom stereocenters. The highest BCUT2D eigenvalue weighted by Gasteiger charge is 2.27. The van der Waals surface area contributed by atoms with Gasteiger partial charge in [0.15, 0.2) is 0 Å². The normalized spacial score (nSPS) is 22.6. The van der Waals surface area contributed by atoms with Gasteiger partial charge in [0.1, 0.15) is 12.0 Å². The van der Waals surface area contributed by atoms with Gasteiger partial charge in [0, 0.05) is 23.3 Å². The van der Waals surface area contributed by atoms with Gasteiger partial charge in [-0.05, 0) is 24.8 Å². The maximum absolute atomic E-state index is 4.49. The molecule has 5 nitrogen and oxygen atoms in total. The van der Waals surface area contributed by atoms with E-state index in [4.69, 9.17) is 0 Å². The molecule has 1 saturated carbocycles. The van der Waals surface area contributed by atoms with Crippen LogP contribution in [-0.4, -0.2) is 24.7 Å². The number of aromatic nitrogens is 5. The fraction of sp³-hybridized carbons (Fsp3) is 0.357. The SMILES string of the molecule is CC1CC(n2cc(-c3ncnc4[nH]ccc34)cn2)C1. The smallest absolute Gasteiger partial charge is 0.141 e. The maximum atomic E-state index is 4.49. The van der Waals surface area contributed by atoms with Crippen molar-refractivity contribution in [2.75, 3.05) is 0 Å². The lowest BCUT2D eigenvalue weighted by atomic mass is 9.82. The summed E-state index contributed by atoms with van der Waals surface area (Å²) in [6, 6.07) is 2.57. The number of fused-ring (bicyclic) bond motifs is 1. The first-order valence-electron chi connectivity index (χ1n) is 6.64. The zero-order chi connectivity index (χ0) is 12.8. The molecule has 19 heavy (non-hydrogen) atoms. The minimum absolute atomic E-state index is 0.562. The minimum atomic E-state index is 0.562. The summed E-state index contributed by atoms with van der Waals surface area (Å²) in [5, 5.41) is 5.53. The van der Waals surface area contributed by atoms with Gasteiger partial charge >= 0.3 is 0 Å². The number of nitrogens with one attached hydrogen (secondary N) is 1. The summed E-state index contributed by atoms with van der Waals surface area (Å²) in [5.41, 5.74) is 2.88. The fourth-order valence-electron chi connectivity index (χ4n) is 2.84. The third kappa shape index (κ3) is 1.65.